The predicted octanol–water partition coefficient (Wildman–Crippen LogP) is 5.38. The maximum absolute atomic E-state index is 13.0. The monoisotopic (exact) mass is 497 g/mol. The lowest BCUT2D eigenvalue weighted by molar-refractivity contribution is -0.126. The van der Waals surface area contributed by atoms with Crippen LogP contribution >= 0.6 is 23.4 Å². The number of rotatable bonds is 11. The van der Waals surface area contributed by atoms with Crippen LogP contribution in [0.15, 0.2) is 40.6 Å². The van der Waals surface area contributed by atoms with Crippen LogP contribution in [-0.2, 0) is 9.59 Å². The molecule has 0 N–H and O–H groups in total. The summed E-state index contributed by atoms with van der Waals surface area (Å²) in [7, 11) is 2.93. The van der Waals surface area contributed by atoms with Gasteiger partial charge in [-0.05, 0) is 20.8 Å². The van der Waals surface area contributed by atoms with E-state index in [0.717, 1.165) is 4.42 Å². The molecule has 0 saturated heterocycles. The fraction of sp³-hybridized carbons (Fsp3) is 0.364. The minimum Gasteiger partial charge on any atom is -0.497 e. The zero-order valence-corrected chi connectivity index (χ0v) is 20.4. The molecule has 0 bridgehead atoms. The number of anilines is 1. The average Bonchev–Trinajstić information content (AvgIpc) is 2.80. The Morgan fingerprint density at radius 3 is 1.91 bits per heavy atom. The molecule has 178 valence electrons. The molecule has 0 aliphatic rings. The zero-order chi connectivity index (χ0) is 24.5. The summed E-state index contributed by atoms with van der Waals surface area (Å²) in [6.07, 6.45) is 0. The van der Waals surface area contributed by atoms with Crippen molar-refractivity contribution in [3.8, 4) is 23.0 Å². The van der Waals surface area contributed by atoms with Gasteiger partial charge in [0.2, 0.25) is 6.04 Å². The van der Waals surface area contributed by atoms with Gasteiger partial charge in [0.15, 0.2) is 5.78 Å². The van der Waals surface area contributed by atoms with Crippen LogP contribution in [0.5, 0.6) is 23.0 Å². The van der Waals surface area contributed by atoms with Gasteiger partial charge in [-0.15, -0.1) is 0 Å². The number of carbonyl (C=O) groups is 2. The van der Waals surface area contributed by atoms with E-state index < -0.39 is 17.7 Å². The van der Waals surface area contributed by atoms with Crippen molar-refractivity contribution in [2.24, 2.45) is 10.2 Å². The summed E-state index contributed by atoms with van der Waals surface area (Å²) < 4.78 is 22.2. The summed E-state index contributed by atoms with van der Waals surface area (Å²) in [5.74, 6) is 0.161. The molecule has 1 amide bonds. The van der Waals surface area contributed by atoms with Crippen molar-refractivity contribution in [1.82, 2.24) is 0 Å². The van der Waals surface area contributed by atoms with Crippen molar-refractivity contribution in [2.75, 3.05) is 31.9 Å². The Kier molecular flexibility index (Phi) is 9.74. The fourth-order valence-corrected chi connectivity index (χ4v) is 3.11. The number of Topliss-reactive ketones (excluding diaryl/α,β-unsaturated/α-hetero) is 1. The maximum Gasteiger partial charge on any atom is 0.276 e. The molecule has 11 heteroatoms. The summed E-state index contributed by atoms with van der Waals surface area (Å²) in [6.45, 7) is 5.56. The maximum atomic E-state index is 13.0. The van der Waals surface area contributed by atoms with Gasteiger partial charge in [0.05, 0.1) is 38.8 Å². The highest BCUT2D eigenvalue weighted by Gasteiger charge is 2.29. The Balaban J connectivity index is 2.37. The van der Waals surface area contributed by atoms with Crippen molar-refractivity contribution in [2.45, 2.75) is 26.8 Å². The lowest BCUT2D eigenvalue weighted by Crippen LogP contribution is -2.36. The second-order valence-electron chi connectivity index (χ2n) is 6.54. The first-order chi connectivity index (χ1) is 15.7. The molecule has 2 rings (SSSR count). The number of amides is 1. The van der Waals surface area contributed by atoms with E-state index in [-0.39, 0.29) is 16.4 Å². The molecule has 0 spiro atoms. The molecule has 1 unspecified atom stereocenters. The highest BCUT2D eigenvalue weighted by molar-refractivity contribution is 6.39. The first-order valence-electron chi connectivity index (χ1n) is 9.98. The smallest absolute Gasteiger partial charge is 0.276 e. The lowest BCUT2D eigenvalue weighted by atomic mass is 10.2. The molecule has 0 aliphatic heterocycles. The molecule has 2 aromatic rings. The van der Waals surface area contributed by atoms with Gasteiger partial charge >= 0.3 is 0 Å². The number of benzene rings is 2. The minimum absolute atomic E-state index is 0.239. The molecule has 0 fully saturated rings. The molecule has 0 radical (unpaired) electrons. The molecule has 1 atom stereocenters. The first kappa shape index (κ1) is 26.2. The van der Waals surface area contributed by atoms with E-state index in [4.69, 9.17) is 42.3 Å². The Labute approximate surface area is 202 Å². The van der Waals surface area contributed by atoms with Crippen LogP contribution in [0, 0.1) is 0 Å². The molecule has 33 heavy (non-hydrogen) atoms. The van der Waals surface area contributed by atoms with Crippen molar-refractivity contribution in [3.63, 3.8) is 0 Å². The first-order valence-corrected chi connectivity index (χ1v) is 10.7. The summed E-state index contributed by atoms with van der Waals surface area (Å²) >= 11 is 12.5. The van der Waals surface area contributed by atoms with Crippen LogP contribution < -0.4 is 23.4 Å². The van der Waals surface area contributed by atoms with Gasteiger partial charge in [-0.3, -0.25) is 9.59 Å². The fourth-order valence-electron chi connectivity index (χ4n) is 2.71. The number of nitrogens with zero attached hydrogens (tertiary/aromatic N) is 3. The molecule has 0 heterocycles. The summed E-state index contributed by atoms with van der Waals surface area (Å²) in [6, 6.07) is 6.23. The number of hydrogen-bond donors (Lipinski definition) is 0. The molecule has 0 aliphatic carbocycles. The van der Waals surface area contributed by atoms with Crippen LogP contribution in [0.3, 0.4) is 0 Å². The number of methoxy groups -OCH3 is 2. The van der Waals surface area contributed by atoms with Gasteiger partial charge in [0.1, 0.15) is 28.0 Å². The van der Waals surface area contributed by atoms with Crippen molar-refractivity contribution < 1.29 is 28.5 Å². The minimum atomic E-state index is -1.48. The van der Waals surface area contributed by atoms with Crippen LogP contribution in [-0.4, -0.2) is 45.2 Å². The normalized spacial score (nSPS) is 11.7. The third kappa shape index (κ3) is 6.72. The molecular formula is C22H25Cl2N3O6. The SMILES string of the molecule is CCOc1cc(N=NC(C(C)=O)C(=O)N(Cl)c2cc(OC)cc(OC)c2)cc(OCC)c1Cl. The molecule has 2 aromatic carbocycles. The summed E-state index contributed by atoms with van der Waals surface area (Å²) in [5.41, 5.74) is 0.526. The van der Waals surface area contributed by atoms with Gasteiger partial charge < -0.3 is 18.9 Å². The van der Waals surface area contributed by atoms with E-state index in [1.165, 1.54) is 45.4 Å². The Hall–Kier alpha value is -3.04. The van der Waals surface area contributed by atoms with E-state index in [1.807, 2.05) is 0 Å². The second kappa shape index (κ2) is 12.3. The van der Waals surface area contributed by atoms with Gasteiger partial charge in [0.25, 0.3) is 5.91 Å². The van der Waals surface area contributed by atoms with E-state index in [2.05, 4.69) is 10.2 Å². The third-order valence-corrected chi connectivity index (χ3v) is 4.99. The number of carbonyl (C=O) groups excluding carboxylic acids is 2. The number of halogens is 2. The summed E-state index contributed by atoms with van der Waals surface area (Å²) in [5, 5.41) is 8.28. The van der Waals surface area contributed by atoms with Gasteiger partial charge in [-0.1, -0.05) is 11.6 Å². The third-order valence-electron chi connectivity index (χ3n) is 4.25. The van der Waals surface area contributed by atoms with Crippen LogP contribution in [0.2, 0.25) is 5.02 Å². The van der Waals surface area contributed by atoms with Gasteiger partial charge in [-0.25, -0.2) is 4.42 Å². The number of ether oxygens (including phenoxy) is 4. The topological polar surface area (TPSA) is 99.0 Å². The zero-order valence-electron chi connectivity index (χ0n) is 18.9. The predicted molar refractivity (Wildman–Crippen MR) is 126 cm³/mol. The molecule has 0 aromatic heterocycles. The van der Waals surface area contributed by atoms with Crippen molar-refractivity contribution in [3.05, 3.63) is 35.4 Å². The Bertz CT molecular complexity index is 982. The second-order valence-corrected chi connectivity index (χ2v) is 7.26. The molecular weight excluding hydrogens is 473 g/mol. The highest BCUT2D eigenvalue weighted by Crippen LogP contribution is 2.39. The standard InChI is InChI=1S/C22H25Cl2N3O6/c1-6-32-18-8-14(9-19(20(18)23)33-7-2)25-26-21(13(3)28)22(29)27(24)15-10-16(30-4)12-17(11-15)31-5/h8-12,21H,6-7H2,1-5H3. The van der Waals surface area contributed by atoms with Crippen molar-refractivity contribution in [1.29, 1.82) is 0 Å². The molecule has 9 nitrogen and oxygen atoms in total. The number of ketones is 1. The van der Waals surface area contributed by atoms with E-state index in [1.54, 1.807) is 19.9 Å². The lowest BCUT2D eigenvalue weighted by Gasteiger charge is -2.18. The Morgan fingerprint density at radius 2 is 1.48 bits per heavy atom. The number of azo groups is 1. The summed E-state index contributed by atoms with van der Waals surface area (Å²) in [4.78, 5) is 25.2. The molecule has 0 saturated carbocycles. The van der Waals surface area contributed by atoms with Crippen molar-refractivity contribution >= 4 is 46.4 Å². The van der Waals surface area contributed by atoms with Gasteiger partial charge in [0, 0.05) is 42.1 Å². The van der Waals surface area contributed by atoms with Crippen LogP contribution in [0.25, 0.3) is 0 Å². The Morgan fingerprint density at radius 1 is 0.970 bits per heavy atom. The largest absolute Gasteiger partial charge is 0.497 e. The average molecular weight is 498 g/mol. The number of hydrogen-bond acceptors (Lipinski definition) is 8. The van der Waals surface area contributed by atoms with Crippen LogP contribution in [0.1, 0.15) is 20.8 Å². The van der Waals surface area contributed by atoms with Gasteiger partial charge in [-0.2, -0.15) is 10.2 Å². The van der Waals surface area contributed by atoms with Crippen LogP contribution in [0.4, 0.5) is 11.4 Å². The van der Waals surface area contributed by atoms with E-state index in [9.17, 15) is 9.59 Å². The highest BCUT2D eigenvalue weighted by atomic mass is 35.5. The van der Waals surface area contributed by atoms with E-state index >= 15 is 0 Å². The van der Waals surface area contributed by atoms with E-state index in [0.29, 0.717) is 36.2 Å². The quantitative estimate of drug-likeness (QED) is 0.234.